The first kappa shape index (κ1) is 23.7. The van der Waals surface area contributed by atoms with Gasteiger partial charge in [0.25, 0.3) is 0 Å². The van der Waals surface area contributed by atoms with Crippen LogP contribution in [0.4, 0.5) is 5.82 Å². The maximum Gasteiger partial charge on any atom is 0.206 e. The summed E-state index contributed by atoms with van der Waals surface area (Å²) < 4.78 is 28.7. The number of rotatable bonds is 6. The highest BCUT2D eigenvalue weighted by atomic mass is 32.2. The predicted octanol–water partition coefficient (Wildman–Crippen LogP) is 6.29. The van der Waals surface area contributed by atoms with E-state index in [1.165, 1.54) is 0 Å². The van der Waals surface area contributed by atoms with Gasteiger partial charge in [0.15, 0.2) is 5.82 Å². The van der Waals surface area contributed by atoms with Gasteiger partial charge in [-0.1, -0.05) is 109 Å². The molecule has 6 rings (SSSR count). The van der Waals surface area contributed by atoms with Crippen molar-refractivity contribution in [1.82, 2.24) is 9.78 Å². The number of hydrogen-bond donors (Lipinski definition) is 1. The fourth-order valence-electron chi connectivity index (χ4n) is 5.18. The second-order valence-electron chi connectivity index (χ2n) is 9.10. The van der Waals surface area contributed by atoms with Gasteiger partial charge in [0.05, 0.1) is 15.3 Å². The number of hydrogen-bond acceptors (Lipinski definition) is 4. The lowest BCUT2D eigenvalue weighted by atomic mass is 9.77. The van der Waals surface area contributed by atoms with Crippen LogP contribution in [0.1, 0.15) is 16.7 Å². The van der Waals surface area contributed by atoms with Gasteiger partial charge in [0.2, 0.25) is 9.84 Å². The summed E-state index contributed by atoms with van der Waals surface area (Å²) in [5.74, 6) is 0.261. The van der Waals surface area contributed by atoms with Crippen LogP contribution in [-0.2, 0) is 15.4 Å². The maximum absolute atomic E-state index is 13.4. The molecular weight excluding hydrogens is 490 g/mol. The lowest BCUT2D eigenvalue weighted by Gasteiger charge is -2.37. The SMILES string of the molecule is Nc1nn(C(c2ccccc2)(c2ccccc2)c2ccccc2)c2ccc(S(=O)(=O)c3ccccc3)cc12. The monoisotopic (exact) mass is 515 g/mol. The van der Waals surface area contributed by atoms with Crippen molar-refractivity contribution in [1.29, 1.82) is 0 Å². The van der Waals surface area contributed by atoms with E-state index in [1.807, 2.05) is 59.3 Å². The number of fused-ring (bicyclic) bond motifs is 1. The third kappa shape index (κ3) is 3.69. The van der Waals surface area contributed by atoms with E-state index in [4.69, 9.17) is 10.8 Å². The first-order valence-electron chi connectivity index (χ1n) is 12.3. The molecule has 0 saturated heterocycles. The number of aromatic nitrogens is 2. The molecule has 2 N–H and O–H groups in total. The van der Waals surface area contributed by atoms with Gasteiger partial charge in [-0.3, -0.25) is 0 Å². The van der Waals surface area contributed by atoms with Crippen LogP contribution in [0.25, 0.3) is 10.9 Å². The fraction of sp³-hybridized carbons (Fsp3) is 0.0312. The van der Waals surface area contributed by atoms with E-state index in [1.54, 1.807) is 48.5 Å². The van der Waals surface area contributed by atoms with E-state index in [-0.39, 0.29) is 15.6 Å². The first-order valence-corrected chi connectivity index (χ1v) is 13.8. The molecule has 6 heteroatoms. The normalized spacial score (nSPS) is 12.0. The third-order valence-corrected chi connectivity index (χ3v) is 8.70. The average molecular weight is 516 g/mol. The zero-order valence-corrected chi connectivity index (χ0v) is 21.3. The van der Waals surface area contributed by atoms with E-state index in [0.29, 0.717) is 5.39 Å². The molecule has 5 nitrogen and oxygen atoms in total. The van der Waals surface area contributed by atoms with Crippen molar-refractivity contribution in [2.45, 2.75) is 15.3 Å². The second-order valence-corrected chi connectivity index (χ2v) is 11.1. The molecule has 186 valence electrons. The van der Waals surface area contributed by atoms with Crippen LogP contribution >= 0.6 is 0 Å². The molecule has 0 aliphatic heterocycles. The molecule has 0 bridgehead atoms. The number of benzene rings is 5. The molecule has 0 fully saturated rings. The van der Waals surface area contributed by atoms with Gasteiger partial charge in [-0.15, -0.1) is 0 Å². The molecule has 0 aliphatic carbocycles. The lowest BCUT2D eigenvalue weighted by molar-refractivity contribution is 0.477. The highest BCUT2D eigenvalue weighted by Gasteiger charge is 2.40. The van der Waals surface area contributed by atoms with Crippen molar-refractivity contribution in [3.63, 3.8) is 0 Å². The number of nitrogen functional groups attached to an aromatic ring is 1. The topological polar surface area (TPSA) is 78.0 Å². The number of sulfone groups is 1. The van der Waals surface area contributed by atoms with Gasteiger partial charge in [0.1, 0.15) is 5.54 Å². The molecule has 6 aromatic rings. The van der Waals surface area contributed by atoms with Crippen LogP contribution in [0, 0.1) is 0 Å². The van der Waals surface area contributed by atoms with E-state index >= 15 is 0 Å². The molecule has 0 saturated carbocycles. The van der Waals surface area contributed by atoms with Crippen molar-refractivity contribution in [2.75, 3.05) is 5.73 Å². The van der Waals surface area contributed by atoms with E-state index < -0.39 is 15.4 Å². The van der Waals surface area contributed by atoms with Crippen molar-refractivity contribution >= 4 is 26.6 Å². The van der Waals surface area contributed by atoms with Gasteiger partial charge < -0.3 is 5.73 Å². The van der Waals surface area contributed by atoms with E-state index in [0.717, 1.165) is 22.2 Å². The minimum Gasteiger partial charge on any atom is -0.382 e. The van der Waals surface area contributed by atoms with Crippen LogP contribution in [0.15, 0.2) is 149 Å². The van der Waals surface area contributed by atoms with Gasteiger partial charge in [-0.05, 0) is 47.0 Å². The zero-order chi connectivity index (χ0) is 26.2. The quantitative estimate of drug-likeness (QED) is 0.264. The Morgan fingerprint density at radius 1 is 0.579 bits per heavy atom. The molecule has 0 amide bonds. The summed E-state index contributed by atoms with van der Waals surface area (Å²) in [6.07, 6.45) is 0. The fourth-order valence-corrected chi connectivity index (χ4v) is 6.49. The Balaban J connectivity index is 1.68. The van der Waals surface area contributed by atoms with Crippen molar-refractivity contribution < 1.29 is 8.42 Å². The highest BCUT2D eigenvalue weighted by molar-refractivity contribution is 7.91. The Labute approximate surface area is 221 Å². The molecular formula is C32H25N3O2S. The van der Waals surface area contributed by atoms with Crippen LogP contribution in [0.5, 0.6) is 0 Å². The van der Waals surface area contributed by atoms with Gasteiger partial charge in [-0.2, -0.15) is 5.10 Å². The molecule has 0 spiro atoms. The van der Waals surface area contributed by atoms with E-state index in [9.17, 15) is 8.42 Å². The molecule has 0 atom stereocenters. The summed E-state index contributed by atoms with van der Waals surface area (Å²) in [6, 6.07) is 44.0. The van der Waals surface area contributed by atoms with Crippen LogP contribution in [0.3, 0.4) is 0 Å². The summed E-state index contributed by atoms with van der Waals surface area (Å²) in [5, 5.41) is 5.46. The van der Waals surface area contributed by atoms with Gasteiger partial charge in [-0.25, -0.2) is 13.1 Å². The minimum absolute atomic E-state index is 0.173. The molecule has 0 radical (unpaired) electrons. The van der Waals surface area contributed by atoms with Crippen molar-refractivity contribution in [3.8, 4) is 0 Å². The molecule has 5 aromatic carbocycles. The molecule has 1 aromatic heterocycles. The third-order valence-electron chi connectivity index (χ3n) is 6.94. The smallest absolute Gasteiger partial charge is 0.206 e. The summed E-state index contributed by atoms with van der Waals surface area (Å²) >= 11 is 0. The molecule has 0 aliphatic rings. The first-order chi connectivity index (χ1) is 18.5. The summed E-state index contributed by atoms with van der Waals surface area (Å²) in [6.45, 7) is 0. The van der Waals surface area contributed by atoms with Crippen molar-refractivity contribution in [3.05, 3.63) is 156 Å². The summed E-state index contributed by atoms with van der Waals surface area (Å²) in [7, 11) is -3.72. The Morgan fingerprint density at radius 2 is 1.03 bits per heavy atom. The van der Waals surface area contributed by atoms with Crippen LogP contribution in [-0.4, -0.2) is 18.2 Å². The van der Waals surface area contributed by atoms with Gasteiger partial charge in [0, 0.05) is 5.39 Å². The second kappa shape index (κ2) is 9.32. The summed E-state index contributed by atoms with van der Waals surface area (Å²) in [5.41, 5.74) is 9.41. The summed E-state index contributed by atoms with van der Waals surface area (Å²) in [4.78, 5) is 0.407. The standard InChI is InChI=1S/C32H25N3O2S/c33-31-29-23-28(38(36,37)27-19-11-4-12-20-27)21-22-30(29)35(34-31)32(24-13-5-1-6-14-24,25-15-7-2-8-16-25)26-17-9-3-10-18-26/h1-23H,(H2,33,34). The maximum atomic E-state index is 13.4. The Bertz CT molecular complexity index is 1720. The number of nitrogens with two attached hydrogens (primary N) is 1. The molecule has 1 heterocycles. The van der Waals surface area contributed by atoms with E-state index in [2.05, 4.69) is 36.4 Å². The minimum atomic E-state index is -3.72. The molecule has 38 heavy (non-hydrogen) atoms. The molecule has 0 unspecified atom stereocenters. The largest absolute Gasteiger partial charge is 0.382 e. The van der Waals surface area contributed by atoms with Crippen LogP contribution < -0.4 is 5.73 Å². The Morgan fingerprint density at radius 3 is 1.50 bits per heavy atom. The van der Waals surface area contributed by atoms with Crippen LogP contribution in [0.2, 0.25) is 0 Å². The number of nitrogens with zero attached hydrogens (tertiary/aromatic N) is 2. The van der Waals surface area contributed by atoms with Crippen molar-refractivity contribution in [2.24, 2.45) is 0 Å². The highest BCUT2D eigenvalue weighted by Crippen LogP contribution is 2.43. The van der Waals surface area contributed by atoms with Gasteiger partial charge >= 0.3 is 0 Å². The zero-order valence-electron chi connectivity index (χ0n) is 20.5. The predicted molar refractivity (Wildman–Crippen MR) is 151 cm³/mol. The Hall–Kier alpha value is -4.68. The number of anilines is 1. The lowest BCUT2D eigenvalue weighted by Crippen LogP contribution is -2.38. The average Bonchev–Trinajstić information content (AvgIpc) is 3.31. The Kier molecular flexibility index (Phi) is 5.81.